The fourth-order valence-corrected chi connectivity index (χ4v) is 4.09. The zero-order valence-corrected chi connectivity index (χ0v) is 17.5. The van der Waals surface area contributed by atoms with Crippen LogP contribution in [0.25, 0.3) is 22.2 Å². The molecule has 0 spiro atoms. The van der Waals surface area contributed by atoms with Crippen LogP contribution in [0.4, 0.5) is 5.82 Å². The van der Waals surface area contributed by atoms with E-state index in [1.54, 1.807) is 4.57 Å². The number of benzene rings is 2. The maximum Gasteiger partial charge on any atom is 0.344 e. The third-order valence-corrected chi connectivity index (χ3v) is 5.88. The smallest absolute Gasteiger partial charge is 0.344 e. The van der Waals surface area contributed by atoms with Crippen LogP contribution < -0.4 is 5.73 Å². The van der Waals surface area contributed by atoms with Crippen LogP contribution in [-0.2, 0) is 16.0 Å². The van der Waals surface area contributed by atoms with Gasteiger partial charge in [-0.1, -0.05) is 41.9 Å². The Hall–Kier alpha value is -3.16. The Kier molecular flexibility index (Phi) is 5.21. The molecule has 1 aliphatic heterocycles. The maximum absolute atomic E-state index is 13.0. The third-order valence-electron chi connectivity index (χ3n) is 5.51. The van der Waals surface area contributed by atoms with Crippen molar-refractivity contribution < 1.29 is 14.3 Å². The molecule has 1 atom stereocenters. The molecule has 0 radical (unpaired) electrons. The van der Waals surface area contributed by atoms with Crippen LogP contribution in [0.2, 0.25) is 5.02 Å². The molecule has 8 heteroatoms. The summed E-state index contributed by atoms with van der Waals surface area (Å²) >= 11 is 6.37. The van der Waals surface area contributed by atoms with E-state index in [1.165, 1.54) is 0 Å². The average Bonchev–Trinajstić information content (AvgIpc) is 3.39. The molecule has 0 unspecified atom stereocenters. The number of halogens is 1. The van der Waals surface area contributed by atoms with Gasteiger partial charge in [-0.15, -0.1) is 0 Å². The fourth-order valence-electron chi connectivity index (χ4n) is 3.89. The molecule has 31 heavy (non-hydrogen) atoms. The number of ether oxygens (including phenoxy) is 2. The molecule has 4 aromatic rings. The summed E-state index contributed by atoms with van der Waals surface area (Å²) in [5, 5.41) is 0.611. The van der Waals surface area contributed by atoms with Gasteiger partial charge in [-0.25, -0.2) is 14.8 Å². The highest BCUT2D eigenvalue weighted by molar-refractivity contribution is 6.31. The van der Waals surface area contributed by atoms with E-state index in [0.717, 1.165) is 18.4 Å². The number of nitrogens with zero attached hydrogens (tertiary/aromatic N) is 3. The van der Waals surface area contributed by atoms with Gasteiger partial charge in [0.1, 0.15) is 23.5 Å². The van der Waals surface area contributed by atoms with E-state index in [1.807, 2.05) is 48.5 Å². The average molecular weight is 437 g/mol. The first-order valence-corrected chi connectivity index (χ1v) is 10.6. The monoisotopic (exact) mass is 436 g/mol. The van der Waals surface area contributed by atoms with Crippen LogP contribution in [-0.4, -0.2) is 39.8 Å². The summed E-state index contributed by atoms with van der Waals surface area (Å²) in [6.07, 6.45) is 1.77. The lowest BCUT2D eigenvalue weighted by molar-refractivity contribution is 0.0163. The lowest BCUT2D eigenvalue weighted by Crippen LogP contribution is -2.18. The number of para-hydroxylation sites is 2. The molecule has 2 aromatic heterocycles. The largest absolute Gasteiger partial charge is 0.459 e. The van der Waals surface area contributed by atoms with Gasteiger partial charge in [0.15, 0.2) is 5.65 Å². The van der Waals surface area contributed by atoms with Gasteiger partial charge in [-0.2, -0.15) is 0 Å². The maximum atomic E-state index is 13.0. The molecule has 158 valence electrons. The third kappa shape index (κ3) is 3.71. The van der Waals surface area contributed by atoms with E-state index in [9.17, 15) is 4.79 Å². The predicted octanol–water partition coefficient (Wildman–Crippen LogP) is 4.20. The molecule has 2 aromatic carbocycles. The first-order valence-electron chi connectivity index (χ1n) is 10.2. The first-order chi connectivity index (χ1) is 15.1. The first kappa shape index (κ1) is 19.8. The van der Waals surface area contributed by atoms with Gasteiger partial charge in [-0.05, 0) is 36.6 Å². The number of carbonyl (C=O) groups excluding carboxylic acids is 1. The van der Waals surface area contributed by atoms with Crippen molar-refractivity contribution in [2.24, 2.45) is 0 Å². The molecule has 0 aliphatic carbocycles. The summed E-state index contributed by atoms with van der Waals surface area (Å²) in [4.78, 5) is 22.5. The number of hydrogen-bond acceptors (Lipinski definition) is 6. The highest BCUT2D eigenvalue weighted by atomic mass is 35.5. The second-order valence-corrected chi connectivity index (χ2v) is 7.96. The molecule has 2 N–H and O–H groups in total. The van der Waals surface area contributed by atoms with Crippen molar-refractivity contribution in [3.05, 3.63) is 64.7 Å². The summed E-state index contributed by atoms with van der Waals surface area (Å²) in [6, 6.07) is 15.0. The van der Waals surface area contributed by atoms with Crippen LogP contribution >= 0.6 is 11.6 Å². The Morgan fingerprint density at radius 1 is 1.16 bits per heavy atom. The molecule has 3 heterocycles. The number of hydrogen-bond donors (Lipinski definition) is 1. The minimum Gasteiger partial charge on any atom is -0.459 e. The quantitative estimate of drug-likeness (QED) is 0.471. The van der Waals surface area contributed by atoms with Crippen molar-refractivity contribution in [1.29, 1.82) is 0 Å². The van der Waals surface area contributed by atoms with Crippen molar-refractivity contribution in [3.8, 4) is 0 Å². The molecular weight excluding hydrogens is 416 g/mol. The van der Waals surface area contributed by atoms with Crippen LogP contribution in [0.5, 0.6) is 0 Å². The van der Waals surface area contributed by atoms with Crippen molar-refractivity contribution in [2.75, 3.05) is 18.9 Å². The van der Waals surface area contributed by atoms with E-state index >= 15 is 0 Å². The zero-order chi connectivity index (χ0) is 21.4. The Morgan fingerprint density at radius 2 is 1.90 bits per heavy atom. The minimum absolute atomic E-state index is 0.0754. The van der Waals surface area contributed by atoms with Crippen molar-refractivity contribution in [1.82, 2.24) is 14.5 Å². The Morgan fingerprint density at radius 3 is 2.65 bits per heavy atom. The van der Waals surface area contributed by atoms with E-state index in [4.69, 9.17) is 36.8 Å². The van der Waals surface area contributed by atoms with Crippen LogP contribution in [0.1, 0.15) is 28.8 Å². The summed E-state index contributed by atoms with van der Waals surface area (Å²) in [6.45, 7) is 1.24. The number of aromatic nitrogens is 3. The van der Waals surface area contributed by atoms with E-state index in [2.05, 4.69) is 0 Å². The fraction of sp³-hybridized carbons (Fsp3) is 0.261. The lowest BCUT2D eigenvalue weighted by Gasteiger charge is -2.11. The van der Waals surface area contributed by atoms with E-state index < -0.39 is 5.97 Å². The van der Waals surface area contributed by atoms with Crippen LogP contribution in [0, 0.1) is 0 Å². The zero-order valence-electron chi connectivity index (χ0n) is 16.8. The lowest BCUT2D eigenvalue weighted by atomic mass is 10.2. The molecule has 0 amide bonds. The van der Waals surface area contributed by atoms with E-state index in [0.29, 0.717) is 40.4 Å². The highest BCUT2D eigenvalue weighted by Crippen LogP contribution is 2.30. The summed E-state index contributed by atoms with van der Waals surface area (Å²) in [5.74, 6) is -0.275. The summed E-state index contributed by atoms with van der Waals surface area (Å²) < 4.78 is 12.9. The Balaban J connectivity index is 1.61. The van der Waals surface area contributed by atoms with Gasteiger partial charge in [0.25, 0.3) is 0 Å². The van der Waals surface area contributed by atoms with Crippen molar-refractivity contribution >= 4 is 45.6 Å². The topological polar surface area (TPSA) is 92.3 Å². The molecule has 1 saturated heterocycles. The molecule has 5 rings (SSSR count). The van der Waals surface area contributed by atoms with Crippen molar-refractivity contribution in [3.63, 3.8) is 0 Å². The summed E-state index contributed by atoms with van der Waals surface area (Å²) in [7, 11) is 0. The number of rotatable bonds is 5. The van der Waals surface area contributed by atoms with Crippen molar-refractivity contribution in [2.45, 2.75) is 25.5 Å². The minimum atomic E-state index is -0.527. The standard InChI is InChI=1S/C23H21ClN4O3/c24-16-8-2-1-6-14(16)12-28-21(25)19(23(29)31-13-15-7-5-11-30-15)20-22(28)27-18-10-4-3-9-17(18)26-20/h1-4,6,8-10,15H,5,7,11-13,25H2/t15-/m1/s1. The van der Waals surface area contributed by atoms with Gasteiger partial charge < -0.3 is 19.8 Å². The molecule has 0 saturated carbocycles. The Labute approximate surface area is 183 Å². The number of nitrogen functional groups attached to an aromatic ring is 1. The molecule has 1 aliphatic rings. The van der Waals surface area contributed by atoms with Crippen LogP contribution in [0.15, 0.2) is 48.5 Å². The van der Waals surface area contributed by atoms with Gasteiger partial charge >= 0.3 is 5.97 Å². The normalized spacial score (nSPS) is 16.2. The van der Waals surface area contributed by atoms with Gasteiger partial charge in [0.2, 0.25) is 0 Å². The second-order valence-electron chi connectivity index (χ2n) is 7.56. The van der Waals surface area contributed by atoms with Gasteiger partial charge in [-0.3, -0.25) is 0 Å². The molecular formula is C23H21ClN4O3. The SMILES string of the molecule is Nc1c(C(=O)OC[C@H]2CCCO2)c2nc3ccccc3nc2n1Cc1ccccc1Cl. The summed E-state index contributed by atoms with van der Waals surface area (Å²) in [5.41, 5.74) is 9.88. The number of carbonyl (C=O) groups is 1. The molecule has 0 bridgehead atoms. The molecule has 1 fully saturated rings. The number of esters is 1. The number of anilines is 1. The predicted molar refractivity (Wildman–Crippen MR) is 119 cm³/mol. The van der Waals surface area contributed by atoms with Crippen LogP contribution in [0.3, 0.4) is 0 Å². The highest BCUT2D eigenvalue weighted by Gasteiger charge is 2.27. The Bertz CT molecular complexity index is 1280. The number of fused-ring (bicyclic) bond motifs is 2. The molecule has 7 nitrogen and oxygen atoms in total. The van der Waals surface area contributed by atoms with E-state index in [-0.39, 0.29) is 24.1 Å². The number of nitrogens with two attached hydrogens (primary N) is 1. The van der Waals surface area contributed by atoms with Gasteiger partial charge in [0, 0.05) is 11.6 Å². The second kappa shape index (κ2) is 8.17. The van der Waals surface area contributed by atoms with Gasteiger partial charge in [0.05, 0.1) is 23.7 Å².